The first-order valence-electron chi connectivity index (χ1n) is 3.95. The summed E-state index contributed by atoms with van der Waals surface area (Å²) in [6.07, 6.45) is 0. The molecule has 0 bridgehead atoms. The van der Waals surface area contributed by atoms with E-state index in [1.54, 1.807) is 6.07 Å². The van der Waals surface area contributed by atoms with Crippen molar-refractivity contribution in [3.63, 3.8) is 0 Å². The van der Waals surface area contributed by atoms with Crippen molar-refractivity contribution in [2.75, 3.05) is 14.2 Å². The van der Waals surface area contributed by atoms with Crippen molar-refractivity contribution < 1.29 is 14.5 Å². The number of nitrogens with zero attached hydrogens (tertiary/aromatic N) is 1. The van der Waals surface area contributed by atoms with Crippen molar-refractivity contribution in [1.29, 1.82) is 0 Å². The maximum atomic E-state index is 11.2. The molecule has 0 aliphatic heterocycles. The number of methoxy groups -OCH3 is 1. The van der Waals surface area contributed by atoms with Crippen LogP contribution in [-0.2, 0) is 4.84 Å². The molecule has 0 atom stereocenters. The zero-order valence-corrected chi connectivity index (χ0v) is 8.96. The number of hydrogen-bond donors (Lipinski definition) is 0. The number of halogens is 1. The summed E-state index contributed by atoms with van der Waals surface area (Å²) < 4.78 is 5.02. The summed E-state index contributed by atoms with van der Waals surface area (Å²) in [5.74, 6) is 0.434. The minimum atomic E-state index is 0.255. The lowest BCUT2D eigenvalue weighted by Crippen LogP contribution is -2.01. The standard InChI is InChI=1S/C9H11ClNO3/c1-6-4-9(13-2)8(5-7(6)10)11(12)14-3/h4-5H,1-3H3/q+1. The summed E-state index contributed by atoms with van der Waals surface area (Å²) in [5, 5.41) is 0.499. The van der Waals surface area contributed by atoms with Gasteiger partial charge in [0, 0.05) is 6.07 Å². The van der Waals surface area contributed by atoms with Gasteiger partial charge in [-0.25, -0.2) is 4.84 Å². The lowest BCUT2D eigenvalue weighted by Gasteiger charge is -2.02. The van der Waals surface area contributed by atoms with Crippen LogP contribution in [0.15, 0.2) is 12.1 Å². The summed E-state index contributed by atoms with van der Waals surface area (Å²) in [6.45, 7) is 1.83. The molecule has 0 amide bonds. The quantitative estimate of drug-likeness (QED) is 0.729. The van der Waals surface area contributed by atoms with Crippen LogP contribution < -0.4 is 4.74 Å². The predicted molar refractivity (Wildman–Crippen MR) is 53.0 cm³/mol. The van der Waals surface area contributed by atoms with E-state index in [2.05, 4.69) is 4.84 Å². The Hall–Kier alpha value is -1.29. The highest BCUT2D eigenvalue weighted by Crippen LogP contribution is 2.32. The first kappa shape index (κ1) is 10.8. The van der Waals surface area contributed by atoms with Gasteiger partial charge in [0.15, 0.2) is 7.11 Å². The van der Waals surface area contributed by atoms with Gasteiger partial charge in [-0.2, -0.15) is 0 Å². The molecule has 76 valence electrons. The molecule has 0 N–H and O–H groups in total. The molecule has 0 unspecified atom stereocenters. The van der Waals surface area contributed by atoms with Gasteiger partial charge in [-0.05, 0) is 18.6 Å². The molecule has 0 aliphatic rings. The maximum absolute atomic E-state index is 11.2. The van der Waals surface area contributed by atoms with Crippen LogP contribution in [0.4, 0.5) is 5.69 Å². The van der Waals surface area contributed by atoms with Crippen molar-refractivity contribution in [2.24, 2.45) is 0 Å². The molecular formula is C9H11ClNO3+. The van der Waals surface area contributed by atoms with E-state index in [1.165, 1.54) is 20.3 Å². The normalized spacial score (nSPS) is 9.71. The van der Waals surface area contributed by atoms with Crippen LogP contribution in [0.25, 0.3) is 0 Å². The van der Waals surface area contributed by atoms with Crippen LogP contribution in [0, 0.1) is 11.8 Å². The molecule has 0 heterocycles. The third-order valence-electron chi connectivity index (χ3n) is 1.82. The fourth-order valence-corrected chi connectivity index (χ4v) is 1.21. The Morgan fingerprint density at radius 2 is 2.00 bits per heavy atom. The van der Waals surface area contributed by atoms with E-state index >= 15 is 0 Å². The van der Waals surface area contributed by atoms with E-state index in [1.807, 2.05) is 6.92 Å². The van der Waals surface area contributed by atoms with E-state index in [0.29, 0.717) is 15.7 Å². The molecule has 14 heavy (non-hydrogen) atoms. The van der Waals surface area contributed by atoms with E-state index in [4.69, 9.17) is 16.3 Å². The van der Waals surface area contributed by atoms with E-state index < -0.39 is 0 Å². The van der Waals surface area contributed by atoms with Gasteiger partial charge in [-0.1, -0.05) is 11.6 Å². The molecule has 1 rings (SSSR count). The van der Waals surface area contributed by atoms with E-state index in [-0.39, 0.29) is 5.69 Å². The molecule has 0 fully saturated rings. The Balaban J connectivity index is 3.27. The van der Waals surface area contributed by atoms with Gasteiger partial charge in [-0.3, -0.25) is 0 Å². The monoisotopic (exact) mass is 216 g/mol. The summed E-state index contributed by atoms with van der Waals surface area (Å²) in [4.78, 5) is 16.1. The summed E-state index contributed by atoms with van der Waals surface area (Å²) in [5.41, 5.74) is 1.10. The van der Waals surface area contributed by atoms with Gasteiger partial charge in [0.2, 0.25) is 5.75 Å². The van der Waals surface area contributed by atoms with Gasteiger partial charge >= 0.3 is 5.69 Å². The Morgan fingerprint density at radius 3 is 2.50 bits per heavy atom. The molecule has 0 saturated heterocycles. The second kappa shape index (κ2) is 4.28. The van der Waals surface area contributed by atoms with Crippen LogP contribution in [0.5, 0.6) is 5.75 Å². The highest BCUT2D eigenvalue weighted by atomic mass is 35.5. The summed E-state index contributed by atoms with van der Waals surface area (Å²) in [7, 11) is 2.76. The fraction of sp³-hybridized carbons (Fsp3) is 0.333. The first-order valence-corrected chi connectivity index (χ1v) is 4.33. The van der Waals surface area contributed by atoms with Crippen molar-refractivity contribution in [2.45, 2.75) is 6.92 Å². The molecule has 1 aromatic rings. The van der Waals surface area contributed by atoms with Gasteiger partial charge in [0.1, 0.15) is 0 Å². The Morgan fingerprint density at radius 1 is 1.36 bits per heavy atom. The van der Waals surface area contributed by atoms with Crippen LogP contribution in [0.1, 0.15) is 5.56 Å². The SMILES string of the molecule is COc1cc(C)c(Cl)cc1[N+](=O)OC. The molecule has 4 nitrogen and oxygen atoms in total. The molecule has 0 saturated carbocycles. The van der Waals surface area contributed by atoms with Crippen LogP contribution >= 0.6 is 11.6 Å². The molecule has 5 heteroatoms. The first-order chi connectivity index (χ1) is 6.60. The average Bonchev–Trinajstić information content (AvgIpc) is 2.20. The second-order valence-electron chi connectivity index (χ2n) is 2.71. The van der Waals surface area contributed by atoms with E-state index in [9.17, 15) is 4.91 Å². The lowest BCUT2D eigenvalue weighted by molar-refractivity contribution is -0.736. The van der Waals surface area contributed by atoms with Gasteiger partial charge in [0.25, 0.3) is 4.92 Å². The molecule has 0 aliphatic carbocycles. The zero-order valence-electron chi connectivity index (χ0n) is 8.20. The van der Waals surface area contributed by atoms with Gasteiger partial charge < -0.3 is 4.74 Å². The van der Waals surface area contributed by atoms with Crippen molar-refractivity contribution in [3.8, 4) is 5.75 Å². The fourth-order valence-electron chi connectivity index (χ4n) is 1.05. The van der Waals surface area contributed by atoms with Crippen molar-refractivity contribution >= 4 is 17.3 Å². The largest absolute Gasteiger partial charge is 0.490 e. The van der Waals surface area contributed by atoms with Crippen molar-refractivity contribution in [3.05, 3.63) is 27.6 Å². The molecule has 0 spiro atoms. The van der Waals surface area contributed by atoms with E-state index in [0.717, 1.165) is 5.56 Å². The highest BCUT2D eigenvalue weighted by molar-refractivity contribution is 6.31. The van der Waals surface area contributed by atoms with Gasteiger partial charge in [-0.15, -0.1) is 0 Å². The van der Waals surface area contributed by atoms with Crippen LogP contribution in [-0.4, -0.2) is 19.1 Å². The maximum Gasteiger partial charge on any atom is 0.359 e. The zero-order chi connectivity index (χ0) is 10.7. The van der Waals surface area contributed by atoms with Gasteiger partial charge in [0.05, 0.1) is 17.0 Å². The second-order valence-corrected chi connectivity index (χ2v) is 3.12. The summed E-state index contributed by atoms with van der Waals surface area (Å²) >= 11 is 5.87. The third kappa shape index (κ3) is 1.96. The topological polar surface area (TPSA) is 38.5 Å². The Kier molecular flexibility index (Phi) is 3.30. The minimum absolute atomic E-state index is 0.255. The highest BCUT2D eigenvalue weighted by Gasteiger charge is 2.23. The number of hydrogen-bond acceptors (Lipinski definition) is 3. The summed E-state index contributed by atoms with van der Waals surface area (Å²) in [6, 6.07) is 3.19. The number of ether oxygens (including phenoxy) is 1. The molecular weight excluding hydrogens is 206 g/mol. The molecule has 1 aromatic carbocycles. The Bertz CT molecular complexity index is 365. The number of benzene rings is 1. The minimum Gasteiger partial charge on any atom is -0.490 e. The molecule has 0 aromatic heterocycles. The predicted octanol–water partition coefficient (Wildman–Crippen LogP) is 2.63. The smallest absolute Gasteiger partial charge is 0.359 e. The van der Waals surface area contributed by atoms with Crippen LogP contribution in [0.3, 0.4) is 0 Å². The van der Waals surface area contributed by atoms with Crippen molar-refractivity contribution in [1.82, 2.24) is 0 Å². The number of rotatable bonds is 3. The van der Waals surface area contributed by atoms with Crippen LogP contribution in [0.2, 0.25) is 5.02 Å². The lowest BCUT2D eigenvalue weighted by atomic mass is 10.2. The number of aryl methyl sites for hydroxylation is 1. The average molecular weight is 217 g/mol. The molecule has 0 radical (unpaired) electrons. The third-order valence-corrected chi connectivity index (χ3v) is 2.23. The Labute approximate surface area is 86.9 Å².